The van der Waals surface area contributed by atoms with Crippen molar-refractivity contribution in [1.82, 2.24) is 9.55 Å². The Morgan fingerprint density at radius 1 is 0.882 bits per heavy atom. The van der Waals surface area contributed by atoms with Crippen LogP contribution in [0.4, 0.5) is 0 Å². The Labute approximate surface area is 199 Å². The number of nitrogens with zero attached hydrogens (tertiary/aromatic N) is 2. The van der Waals surface area contributed by atoms with Crippen LogP contribution in [-0.2, 0) is 16.1 Å². The molecule has 178 valence electrons. The molecule has 0 aliphatic rings. The average Bonchev–Trinajstić information content (AvgIpc) is 3.26. The number of benzene rings is 3. The lowest BCUT2D eigenvalue weighted by atomic mass is 10.1. The molecule has 34 heavy (non-hydrogen) atoms. The second-order valence-corrected chi connectivity index (χ2v) is 7.66. The van der Waals surface area contributed by atoms with Gasteiger partial charge in [0, 0.05) is 19.3 Å². The zero-order valence-electron chi connectivity index (χ0n) is 19.7. The zero-order chi connectivity index (χ0) is 23.9. The minimum absolute atomic E-state index is 0.424. The maximum atomic E-state index is 11.3. The highest BCUT2D eigenvalue weighted by Crippen LogP contribution is 2.32. The predicted octanol–water partition coefficient (Wildman–Crippen LogP) is 5.23. The lowest BCUT2D eigenvalue weighted by molar-refractivity contribution is -0.186. The van der Waals surface area contributed by atoms with Gasteiger partial charge in [-0.25, -0.2) is 4.98 Å². The van der Waals surface area contributed by atoms with E-state index < -0.39 is 12.5 Å². The van der Waals surface area contributed by atoms with Crippen molar-refractivity contribution >= 4 is 11.0 Å². The van der Waals surface area contributed by atoms with Crippen molar-refractivity contribution in [3.05, 3.63) is 89.7 Å². The van der Waals surface area contributed by atoms with E-state index in [1.807, 2.05) is 86.6 Å². The van der Waals surface area contributed by atoms with Crippen molar-refractivity contribution < 1.29 is 24.1 Å². The number of imidazole rings is 1. The minimum atomic E-state index is -0.995. The smallest absolute Gasteiger partial charge is 0.245 e. The molecule has 1 heterocycles. The Morgan fingerprint density at radius 2 is 1.56 bits per heavy atom. The zero-order valence-corrected chi connectivity index (χ0v) is 19.7. The van der Waals surface area contributed by atoms with Gasteiger partial charge in [0.05, 0.1) is 18.1 Å². The Bertz CT molecular complexity index is 1190. The average molecular weight is 463 g/mol. The molecular formula is C27H30N2O5. The molecule has 1 unspecified atom stereocenters. The van der Waals surface area contributed by atoms with Crippen LogP contribution >= 0.6 is 0 Å². The van der Waals surface area contributed by atoms with E-state index in [9.17, 15) is 5.11 Å². The van der Waals surface area contributed by atoms with Crippen LogP contribution in [-0.4, -0.2) is 35.0 Å². The molecule has 0 spiro atoms. The van der Waals surface area contributed by atoms with Crippen LogP contribution < -0.4 is 9.47 Å². The van der Waals surface area contributed by atoms with Gasteiger partial charge in [-0.3, -0.25) is 4.57 Å². The molecule has 1 N–H and O–H groups in total. The van der Waals surface area contributed by atoms with Crippen LogP contribution in [0, 0.1) is 0 Å². The quantitative estimate of drug-likeness (QED) is 0.308. The molecule has 0 aliphatic heterocycles. The van der Waals surface area contributed by atoms with Crippen molar-refractivity contribution in [3.63, 3.8) is 0 Å². The van der Waals surface area contributed by atoms with Crippen molar-refractivity contribution in [3.8, 4) is 11.5 Å². The normalized spacial score (nSPS) is 12.3. The first-order valence-electron chi connectivity index (χ1n) is 11.4. The monoisotopic (exact) mass is 462 g/mol. The summed E-state index contributed by atoms with van der Waals surface area (Å²) < 4.78 is 24.7. The van der Waals surface area contributed by atoms with Gasteiger partial charge in [-0.05, 0) is 49.2 Å². The van der Waals surface area contributed by atoms with E-state index in [0.717, 1.165) is 16.8 Å². The number of ether oxygens (including phenoxy) is 4. The van der Waals surface area contributed by atoms with Crippen LogP contribution in [0.15, 0.2) is 72.8 Å². The Morgan fingerprint density at radius 3 is 2.21 bits per heavy atom. The maximum absolute atomic E-state index is 11.3. The summed E-state index contributed by atoms with van der Waals surface area (Å²) in [6.45, 7) is 5.18. The number of aliphatic hydroxyl groups is 1. The number of rotatable bonds is 11. The van der Waals surface area contributed by atoms with Gasteiger partial charge in [-0.1, -0.05) is 42.5 Å². The number of aliphatic hydroxyl groups excluding tert-OH is 1. The summed E-state index contributed by atoms with van der Waals surface area (Å²) in [6.07, 6.45) is -1.71. The van der Waals surface area contributed by atoms with Gasteiger partial charge in [0.1, 0.15) is 30.0 Å². The SMILES string of the molecule is CCOC(OCC)n1c(C(O)c2ccc(OCc3ccccc3)cc2)nc2cc(OC)ccc21. The molecule has 1 aromatic heterocycles. The fraction of sp³-hybridized carbons (Fsp3) is 0.296. The fourth-order valence-corrected chi connectivity index (χ4v) is 3.76. The molecule has 4 rings (SSSR count). The van der Waals surface area contributed by atoms with Crippen molar-refractivity contribution in [2.75, 3.05) is 20.3 Å². The first-order chi connectivity index (χ1) is 16.6. The molecule has 0 radical (unpaired) electrons. The molecule has 0 fully saturated rings. The van der Waals surface area contributed by atoms with Crippen LogP contribution in [0.1, 0.15) is 43.3 Å². The van der Waals surface area contributed by atoms with Gasteiger partial charge in [-0.15, -0.1) is 0 Å². The minimum Gasteiger partial charge on any atom is -0.497 e. The van der Waals surface area contributed by atoms with E-state index in [1.165, 1.54) is 0 Å². The second kappa shape index (κ2) is 11.2. The molecule has 7 nitrogen and oxygen atoms in total. The Hall–Kier alpha value is -3.39. The number of fused-ring (bicyclic) bond motifs is 1. The first-order valence-corrected chi connectivity index (χ1v) is 11.4. The summed E-state index contributed by atoms with van der Waals surface area (Å²) in [6, 6.07) is 22.9. The van der Waals surface area contributed by atoms with Gasteiger partial charge in [-0.2, -0.15) is 0 Å². The largest absolute Gasteiger partial charge is 0.497 e. The summed E-state index contributed by atoms with van der Waals surface area (Å²) >= 11 is 0. The number of hydrogen-bond donors (Lipinski definition) is 1. The highest BCUT2D eigenvalue weighted by Gasteiger charge is 2.26. The molecule has 4 aromatic rings. The lowest BCUT2D eigenvalue weighted by Crippen LogP contribution is -2.21. The van der Waals surface area contributed by atoms with Crippen molar-refractivity contribution in [2.24, 2.45) is 0 Å². The third-order valence-electron chi connectivity index (χ3n) is 5.44. The van der Waals surface area contributed by atoms with Crippen LogP contribution in [0.25, 0.3) is 11.0 Å². The molecule has 0 aliphatic carbocycles. The van der Waals surface area contributed by atoms with Gasteiger partial charge in [0.15, 0.2) is 0 Å². The molecule has 0 bridgehead atoms. The van der Waals surface area contributed by atoms with Gasteiger partial charge in [0.25, 0.3) is 0 Å². The van der Waals surface area contributed by atoms with E-state index in [1.54, 1.807) is 11.7 Å². The van der Waals surface area contributed by atoms with Crippen LogP contribution in [0.3, 0.4) is 0 Å². The van der Waals surface area contributed by atoms with Gasteiger partial charge >= 0.3 is 0 Å². The lowest BCUT2D eigenvalue weighted by Gasteiger charge is -2.23. The molecule has 0 saturated carbocycles. The Balaban J connectivity index is 1.64. The molecule has 3 aromatic carbocycles. The molecule has 7 heteroatoms. The summed E-state index contributed by atoms with van der Waals surface area (Å²) in [4.78, 5) is 4.72. The van der Waals surface area contributed by atoms with E-state index in [4.69, 9.17) is 23.9 Å². The Kier molecular flexibility index (Phi) is 7.80. The predicted molar refractivity (Wildman–Crippen MR) is 130 cm³/mol. The summed E-state index contributed by atoms with van der Waals surface area (Å²) in [5, 5.41) is 11.3. The number of methoxy groups -OCH3 is 1. The van der Waals surface area contributed by atoms with Crippen molar-refractivity contribution in [2.45, 2.75) is 33.0 Å². The van der Waals surface area contributed by atoms with E-state index in [2.05, 4.69) is 0 Å². The standard InChI is InChI=1S/C27H30N2O5/c1-4-32-27(33-5-2)29-24-16-15-22(31-3)17-23(24)28-26(29)25(30)20-11-13-21(14-12-20)34-18-19-9-7-6-8-10-19/h6-17,25,27,30H,4-5,18H2,1-3H3. The summed E-state index contributed by atoms with van der Waals surface area (Å²) in [5.41, 5.74) is 3.24. The molecule has 0 amide bonds. The summed E-state index contributed by atoms with van der Waals surface area (Å²) in [7, 11) is 1.61. The highest BCUT2D eigenvalue weighted by atomic mass is 16.7. The highest BCUT2D eigenvalue weighted by molar-refractivity contribution is 5.78. The topological polar surface area (TPSA) is 75.0 Å². The summed E-state index contributed by atoms with van der Waals surface area (Å²) in [5.74, 6) is 1.83. The third-order valence-corrected chi connectivity index (χ3v) is 5.44. The molecule has 1 atom stereocenters. The molecule has 0 saturated heterocycles. The van der Waals surface area contributed by atoms with Gasteiger partial charge < -0.3 is 24.1 Å². The number of hydrogen-bond acceptors (Lipinski definition) is 6. The van der Waals surface area contributed by atoms with E-state index in [0.29, 0.717) is 42.5 Å². The van der Waals surface area contributed by atoms with E-state index >= 15 is 0 Å². The van der Waals surface area contributed by atoms with Crippen molar-refractivity contribution in [1.29, 1.82) is 0 Å². The maximum Gasteiger partial charge on any atom is 0.245 e. The van der Waals surface area contributed by atoms with Crippen LogP contribution in [0.2, 0.25) is 0 Å². The van der Waals surface area contributed by atoms with Crippen LogP contribution in [0.5, 0.6) is 11.5 Å². The molecular weight excluding hydrogens is 432 g/mol. The number of aromatic nitrogens is 2. The van der Waals surface area contributed by atoms with E-state index in [-0.39, 0.29) is 0 Å². The second-order valence-electron chi connectivity index (χ2n) is 7.66. The first kappa shape index (κ1) is 23.8. The third kappa shape index (κ3) is 5.22. The fourth-order valence-electron chi connectivity index (χ4n) is 3.76. The van der Waals surface area contributed by atoms with Gasteiger partial charge in [0.2, 0.25) is 6.41 Å².